The van der Waals surface area contributed by atoms with Gasteiger partial charge in [0.2, 0.25) is 11.8 Å². The van der Waals surface area contributed by atoms with Gasteiger partial charge in [-0.05, 0) is 49.2 Å². The second-order valence-corrected chi connectivity index (χ2v) is 14.7. The Morgan fingerprint density at radius 3 is 1.52 bits per heavy atom. The lowest BCUT2D eigenvalue weighted by molar-refractivity contribution is -0.136. The third-order valence-electron chi connectivity index (χ3n) is 9.82. The Morgan fingerprint density at radius 2 is 1.05 bits per heavy atom. The molecule has 2 aromatic carbocycles. The van der Waals surface area contributed by atoms with Gasteiger partial charge in [-0.3, -0.25) is 29.4 Å². The molecule has 0 bridgehead atoms. The van der Waals surface area contributed by atoms with Gasteiger partial charge in [-0.2, -0.15) is 0 Å². The monoisotopic (exact) mass is 932 g/mol. The zero-order chi connectivity index (χ0) is 46.9. The fraction of sp³-hybridized carbons (Fsp3) is 0.630. The molecule has 1 unspecified atom stereocenters. The quantitative estimate of drug-likeness (QED) is 0.0496. The molecule has 2 heterocycles. The molecule has 2 aromatic rings. The van der Waals surface area contributed by atoms with Crippen molar-refractivity contribution in [2.45, 2.75) is 38.6 Å². The van der Waals surface area contributed by atoms with Gasteiger partial charge in [-0.15, -0.1) is 0 Å². The van der Waals surface area contributed by atoms with Crippen LogP contribution in [-0.4, -0.2) is 192 Å². The molecule has 4 amide bonds. The highest BCUT2D eigenvalue weighted by molar-refractivity contribution is 6.25. The molecule has 368 valence electrons. The van der Waals surface area contributed by atoms with Crippen molar-refractivity contribution in [3.05, 3.63) is 59.2 Å². The first-order valence-corrected chi connectivity index (χ1v) is 22.8. The summed E-state index contributed by atoms with van der Waals surface area (Å²) in [6, 6.07) is 11.1. The molecule has 0 radical (unpaired) electrons. The van der Waals surface area contributed by atoms with Crippen LogP contribution in [0.3, 0.4) is 0 Å². The van der Waals surface area contributed by atoms with Gasteiger partial charge >= 0.3 is 5.97 Å². The van der Waals surface area contributed by atoms with Crippen LogP contribution in [0, 0.1) is 0 Å². The Labute approximate surface area is 386 Å². The Balaban J connectivity index is 0.806. The third kappa shape index (κ3) is 20.9. The van der Waals surface area contributed by atoms with Crippen molar-refractivity contribution in [3.63, 3.8) is 0 Å². The second-order valence-electron chi connectivity index (χ2n) is 14.7. The van der Waals surface area contributed by atoms with Gasteiger partial charge in [0.15, 0.2) is 0 Å². The van der Waals surface area contributed by atoms with Crippen molar-refractivity contribution in [3.8, 4) is 0 Å². The fourth-order valence-electron chi connectivity index (χ4n) is 6.41. The molecular weight excluding hydrogens is 865 g/mol. The summed E-state index contributed by atoms with van der Waals surface area (Å²) in [7, 11) is 0. The van der Waals surface area contributed by atoms with Crippen LogP contribution in [0.25, 0.3) is 0 Å². The number of rotatable bonds is 40. The van der Waals surface area contributed by atoms with E-state index in [9.17, 15) is 24.0 Å². The van der Waals surface area contributed by atoms with Crippen LogP contribution in [0.1, 0.15) is 63.7 Å². The van der Waals surface area contributed by atoms with E-state index >= 15 is 0 Å². The van der Waals surface area contributed by atoms with E-state index in [1.165, 1.54) is 0 Å². The number of piperidine rings is 1. The average Bonchev–Trinajstić information content (AvgIpc) is 3.57. The zero-order valence-electron chi connectivity index (χ0n) is 38.2. The molecule has 1 atom stereocenters. The van der Waals surface area contributed by atoms with Crippen LogP contribution in [-0.2, 0) is 61.7 Å². The molecule has 20 heteroatoms. The van der Waals surface area contributed by atoms with Crippen LogP contribution in [0.4, 0.5) is 11.4 Å². The molecule has 20 nitrogen and oxygen atoms in total. The average molecular weight is 933 g/mol. The van der Waals surface area contributed by atoms with Crippen molar-refractivity contribution in [2.24, 2.45) is 0 Å². The van der Waals surface area contributed by atoms with E-state index in [1.807, 2.05) is 12.1 Å². The van der Waals surface area contributed by atoms with Crippen LogP contribution >= 0.6 is 0 Å². The Kier molecular flexibility index (Phi) is 27.7. The number of anilines is 2. The molecule has 2 aliphatic heterocycles. The van der Waals surface area contributed by atoms with Crippen molar-refractivity contribution in [1.82, 2.24) is 10.2 Å². The SMILES string of the molecule is CCCCNc1ccc(C(=O)OCCOCCOCCOCCOCCOCCOCCOCCOCCOCCOCCNc2cccc3c2C(=O)N(C2CCC(=O)NC2=O)C3=O)cc1. The van der Waals surface area contributed by atoms with Gasteiger partial charge in [0.1, 0.15) is 12.6 Å². The zero-order valence-corrected chi connectivity index (χ0v) is 38.2. The lowest BCUT2D eigenvalue weighted by Gasteiger charge is -2.27. The van der Waals surface area contributed by atoms with E-state index in [-0.39, 0.29) is 36.5 Å². The predicted octanol–water partition coefficient (Wildman–Crippen LogP) is 2.73. The maximum absolute atomic E-state index is 13.2. The van der Waals surface area contributed by atoms with E-state index < -0.39 is 29.7 Å². The summed E-state index contributed by atoms with van der Waals surface area (Å²) in [6.45, 7) is 12.0. The van der Waals surface area contributed by atoms with Gasteiger partial charge in [0, 0.05) is 30.9 Å². The Hall–Kier alpha value is -4.61. The molecule has 66 heavy (non-hydrogen) atoms. The highest BCUT2D eigenvalue weighted by atomic mass is 16.6. The van der Waals surface area contributed by atoms with Crippen molar-refractivity contribution in [2.75, 3.05) is 162 Å². The number of esters is 1. The standard InChI is InChI=1S/C46H68N4O16/c1-2-3-13-47-37-9-7-36(8-10-37)46(55)66-35-34-65-33-32-64-31-30-63-29-28-62-27-26-61-25-24-60-23-22-59-21-20-58-19-18-57-17-16-56-15-14-48-39-6-4-5-38-42(39)45(54)50(44(38)53)40-11-12-41(51)49-43(40)52/h4-10,40,47-48H,2-3,11-35H2,1H3,(H,49,51,52). The number of imide groups is 2. The van der Waals surface area contributed by atoms with E-state index in [0.29, 0.717) is 150 Å². The fourth-order valence-corrected chi connectivity index (χ4v) is 6.41. The maximum Gasteiger partial charge on any atom is 0.338 e. The van der Waals surface area contributed by atoms with Gasteiger partial charge in [0.05, 0.1) is 149 Å². The second kappa shape index (κ2) is 33.8. The molecule has 1 fully saturated rings. The number of hydrogen-bond acceptors (Lipinski definition) is 18. The van der Waals surface area contributed by atoms with Crippen molar-refractivity contribution >= 4 is 41.0 Å². The Morgan fingerprint density at radius 1 is 0.576 bits per heavy atom. The van der Waals surface area contributed by atoms with Crippen LogP contribution in [0.5, 0.6) is 0 Å². The summed E-state index contributed by atoms with van der Waals surface area (Å²) in [5.74, 6) is -2.56. The number of fused-ring (bicyclic) bond motifs is 1. The maximum atomic E-state index is 13.2. The summed E-state index contributed by atoms with van der Waals surface area (Å²) in [4.78, 5) is 63.1. The summed E-state index contributed by atoms with van der Waals surface area (Å²) in [5.41, 5.74) is 2.39. The van der Waals surface area contributed by atoms with Crippen LogP contribution in [0.15, 0.2) is 42.5 Å². The number of benzene rings is 2. The normalized spacial score (nSPS) is 14.7. The Bertz CT molecular complexity index is 1720. The molecular formula is C46H68N4O16. The lowest BCUT2D eigenvalue weighted by Crippen LogP contribution is -2.54. The smallest absolute Gasteiger partial charge is 0.338 e. The van der Waals surface area contributed by atoms with Crippen molar-refractivity contribution < 1.29 is 76.1 Å². The molecule has 0 aliphatic carbocycles. The number of nitrogens with one attached hydrogen (secondary N) is 3. The number of carbonyl (C=O) groups is 5. The number of amides is 4. The number of ether oxygens (including phenoxy) is 11. The van der Waals surface area contributed by atoms with Crippen LogP contribution in [0.2, 0.25) is 0 Å². The van der Waals surface area contributed by atoms with E-state index in [2.05, 4.69) is 22.9 Å². The topological polar surface area (TPSA) is 226 Å². The minimum absolute atomic E-state index is 0.0611. The predicted molar refractivity (Wildman–Crippen MR) is 240 cm³/mol. The van der Waals surface area contributed by atoms with Gasteiger partial charge in [-0.25, -0.2) is 4.79 Å². The highest BCUT2D eigenvalue weighted by Crippen LogP contribution is 2.32. The molecule has 3 N–H and O–H groups in total. The molecule has 0 saturated carbocycles. The first kappa shape index (κ1) is 54.0. The van der Waals surface area contributed by atoms with Gasteiger partial charge in [0.25, 0.3) is 11.8 Å². The first-order chi connectivity index (χ1) is 32.4. The molecule has 0 spiro atoms. The third-order valence-corrected chi connectivity index (χ3v) is 9.82. The molecule has 0 aromatic heterocycles. The van der Waals surface area contributed by atoms with E-state index in [4.69, 9.17) is 52.1 Å². The molecule has 1 saturated heterocycles. The summed E-state index contributed by atoms with van der Waals surface area (Å²) >= 11 is 0. The summed E-state index contributed by atoms with van der Waals surface area (Å²) < 4.78 is 60.4. The minimum atomic E-state index is -1.02. The minimum Gasteiger partial charge on any atom is -0.460 e. The van der Waals surface area contributed by atoms with Gasteiger partial charge in [-0.1, -0.05) is 19.4 Å². The number of carbonyl (C=O) groups excluding carboxylic acids is 5. The van der Waals surface area contributed by atoms with Crippen LogP contribution < -0.4 is 16.0 Å². The van der Waals surface area contributed by atoms with E-state index in [0.717, 1.165) is 30.0 Å². The highest BCUT2D eigenvalue weighted by Gasteiger charge is 2.45. The number of nitrogens with zero attached hydrogens (tertiary/aromatic N) is 1. The first-order valence-electron chi connectivity index (χ1n) is 22.8. The lowest BCUT2D eigenvalue weighted by atomic mass is 10.0. The summed E-state index contributed by atoms with van der Waals surface area (Å²) in [6.07, 6.45) is 2.38. The van der Waals surface area contributed by atoms with Gasteiger partial charge < -0.3 is 62.7 Å². The molecule has 2 aliphatic rings. The molecule has 4 rings (SSSR count). The summed E-state index contributed by atoms with van der Waals surface area (Å²) in [5, 5.41) is 8.65. The van der Waals surface area contributed by atoms with E-state index in [1.54, 1.807) is 30.3 Å². The number of hydrogen-bond donors (Lipinski definition) is 3. The largest absolute Gasteiger partial charge is 0.460 e. The van der Waals surface area contributed by atoms with Crippen molar-refractivity contribution in [1.29, 1.82) is 0 Å². The number of unbranched alkanes of at least 4 members (excludes halogenated alkanes) is 1.